The third-order valence-electron chi connectivity index (χ3n) is 11.8. The van der Waals surface area contributed by atoms with Crippen molar-refractivity contribution in [3.8, 4) is 0 Å². The summed E-state index contributed by atoms with van der Waals surface area (Å²) in [6.07, 6.45) is 12.9. The lowest BCUT2D eigenvalue weighted by molar-refractivity contribution is -0.138. The van der Waals surface area contributed by atoms with Gasteiger partial charge in [-0.3, -0.25) is 5.84 Å². The quantitative estimate of drug-likeness (QED) is 0.0300. The molecule has 3 heterocycles. The molecular weight excluding hydrogens is 779 g/mol. The van der Waals surface area contributed by atoms with Crippen LogP contribution >= 0.6 is 0 Å². The first kappa shape index (κ1) is 46.3. The lowest BCUT2D eigenvalue weighted by atomic mass is 10.0. The van der Waals surface area contributed by atoms with Crippen molar-refractivity contribution in [3.63, 3.8) is 0 Å². The molecule has 3 unspecified atom stereocenters. The number of carbonyl (C=O) groups is 1. The number of rotatable bonds is 31. The number of aliphatic carboxylic acids is 1. The maximum atomic E-state index is 12.4. The van der Waals surface area contributed by atoms with Gasteiger partial charge in [0.25, 0.3) is 0 Å². The molecule has 7 N–H and O–H groups in total. The van der Waals surface area contributed by atoms with Crippen LogP contribution in [-0.2, 0) is 41.3 Å². The third kappa shape index (κ3) is 16.2. The summed E-state index contributed by atoms with van der Waals surface area (Å²) in [5, 5.41) is 21.0. The minimum atomic E-state index is -0.918. The normalized spacial score (nSPS) is 19.0. The molecule has 1 saturated carbocycles. The summed E-state index contributed by atoms with van der Waals surface area (Å²) in [5.41, 5.74) is 8.45. The molecule has 0 radical (unpaired) electrons. The number of unbranched alkanes of at least 4 members (excludes halogenated alkanes) is 1. The molecule has 2 aromatic heterocycles. The van der Waals surface area contributed by atoms with Crippen LogP contribution in [0.4, 0.5) is 11.6 Å². The van der Waals surface area contributed by atoms with E-state index < -0.39 is 12.0 Å². The Kier molecular flexibility index (Phi) is 20.0. The zero-order valence-corrected chi connectivity index (χ0v) is 35.9. The first-order valence-corrected chi connectivity index (χ1v) is 22.5. The number of carboxylic acid groups (broad SMARTS) is 1. The number of hydrogen-bond donors (Lipinski definition) is 6. The van der Waals surface area contributed by atoms with Gasteiger partial charge in [0.05, 0.1) is 71.6 Å². The molecule has 61 heavy (non-hydrogen) atoms. The SMILES string of the molecule is NN/C1=C(\NCCOCCOCCOCCOCCOCCN(CCCCc2ccc3c(n2)NCCC3)CCC(Nc2ncnc3ccccc23)C(=O)O)CCC2CC2CC1. The summed E-state index contributed by atoms with van der Waals surface area (Å²) in [6.45, 7) is 8.93. The number of aromatic nitrogens is 3. The molecule has 6 rings (SSSR count). The summed E-state index contributed by atoms with van der Waals surface area (Å²) >= 11 is 0. The number of aryl methyl sites for hydroxylation is 2. The first-order chi connectivity index (χ1) is 30.1. The summed E-state index contributed by atoms with van der Waals surface area (Å²) in [6, 6.07) is 11.1. The molecule has 16 heteroatoms. The molecule has 16 nitrogen and oxygen atoms in total. The monoisotopic (exact) mass is 848 g/mol. The van der Waals surface area contributed by atoms with Gasteiger partial charge in [-0.1, -0.05) is 18.2 Å². The Labute approximate surface area is 361 Å². The van der Waals surface area contributed by atoms with Crippen LogP contribution in [0.1, 0.15) is 69.0 Å². The highest BCUT2D eigenvalue weighted by Crippen LogP contribution is 2.47. The smallest absolute Gasteiger partial charge is 0.326 e. The van der Waals surface area contributed by atoms with E-state index in [0.29, 0.717) is 91.4 Å². The van der Waals surface area contributed by atoms with Crippen LogP contribution < -0.4 is 27.2 Å². The molecule has 1 aliphatic heterocycles. The second-order valence-electron chi connectivity index (χ2n) is 16.1. The Morgan fingerprint density at radius 2 is 1.52 bits per heavy atom. The zero-order valence-electron chi connectivity index (χ0n) is 35.9. The van der Waals surface area contributed by atoms with E-state index in [9.17, 15) is 9.90 Å². The summed E-state index contributed by atoms with van der Waals surface area (Å²) in [7, 11) is 0. The van der Waals surface area contributed by atoms with E-state index in [1.165, 1.54) is 36.9 Å². The van der Waals surface area contributed by atoms with E-state index in [1.807, 2.05) is 24.3 Å². The van der Waals surface area contributed by atoms with Crippen molar-refractivity contribution >= 4 is 28.5 Å². The van der Waals surface area contributed by atoms with Crippen LogP contribution in [0.15, 0.2) is 54.1 Å². The largest absolute Gasteiger partial charge is 0.480 e. The number of anilines is 2. The summed E-state index contributed by atoms with van der Waals surface area (Å²) in [4.78, 5) is 28.2. The number of fused-ring (bicyclic) bond motifs is 3. The van der Waals surface area contributed by atoms with Crippen molar-refractivity contribution < 1.29 is 33.6 Å². The number of hydrogen-bond acceptors (Lipinski definition) is 15. The highest BCUT2D eigenvalue weighted by atomic mass is 16.6. The summed E-state index contributed by atoms with van der Waals surface area (Å²) < 4.78 is 28.7. The number of allylic oxidation sites excluding steroid dienone is 2. The highest BCUT2D eigenvalue weighted by Gasteiger charge is 2.37. The second-order valence-corrected chi connectivity index (χ2v) is 16.1. The lowest BCUT2D eigenvalue weighted by Crippen LogP contribution is -2.37. The van der Waals surface area contributed by atoms with Gasteiger partial charge in [-0.25, -0.2) is 19.7 Å². The number of hydrazine groups is 1. The van der Waals surface area contributed by atoms with Crippen LogP contribution in [0.2, 0.25) is 0 Å². The average Bonchev–Trinajstić information content (AvgIpc) is 4.03. The van der Waals surface area contributed by atoms with Crippen LogP contribution in [0.25, 0.3) is 10.9 Å². The summed E-state index contributed by atoms with van der Waals surface area (Å²) in [5.74, 6) is 8.24. The first-order valence-electron chi connectivity index (χ1n) is 22.5. The van der Waals surface area contributed by atoms with Crippen LogP contribution in [-0.4, -0.2) is 136 Å². The molecule has 0 amide bonds. The molecule has 336 valence electrons. The average molecular weight is 848 g/mol. The number of para-hydroxylation sites is 1. The molecule has 3 atom stereocenters. The standard InChI is InChI=1S/C45H69N9O7/c46-53-41-15-12-36-32-35(36)11-14-40(41)47-18-22-57-24-26-59-28-30-61-31-29-60-27-25-58-23-21-54(19-4-3-7-37-13-10-34-6-5-17-48-43(34)51-37)20-16-42(45(55)56)52-44-38-8-1-2-9-39(38)49-33-50-44/h1-2,8-10,13,33,35-36,42,47,53H,3-7,11-12,14-32,46H2,(H,48,51)(H,55,56)(H,49,50,52)/b41-40-. The number of nitrogens with two attached hydrogens (primary N) is 1. The lowest BCUT2D eigenvalue weighted by Gasteiger charge is -2.25. The third-order valence-corrected chi connectivity index (χ3v) is 11.8. The fraction of sp³-hybridized carbons (Fsp3) is 0.644. The van der Waals surface area contributed by atoms with Crippen LogP contribution in [0.3, 0.4) is 0 Å². The Bertz CT molecular complexity index is 1780. The number of nitrogens with zero attached hydrogens (tertiary/aromatic N) is 4. The Balaban J connectivity index is 0.804. The van der Waals surface area contributed by atoms with E-state index >= 15 is 0 Å². The molecular formula is C45H69N9O7. The Hall–Kier alpha value is -4.16. The number of pyridine rings is 1. The van der Waals surface area contributed by atoms with Gasteiger partial charge < -0.3 is 55.1 Å². The number of nitrogens with one attached hydrogen (secondary N) is 4. The van der Waals surface area contributed by atoms with Gasteiger partial charge in [-0.05, 0) is 113 Å². The highest BCUT2D eigenvalue weighted by molar-refractivity contribution is 5.90. The number of benzene rings is 1. The van der Waals surface area contributed by atoms with Crippen molar-refractivity contribution in [2.45, 2.75) is 76.7 Å². The van der Waals surface area contributed by atoms with Gasteiger partial charge in [0.2, 0.25) is 0 Å². The van der Waals surface area contributed by atoms with Crippen LogP contribution in [0.5, 0.6) is 0 Å². The van der Waals surface area contributed by atoms with Gasteiger partial charge in [-0.2, -0.15) is 0 Å². The Morgan fingerprint density at radius 3 is 2.26 bits per heavy atom. The second kappa shape index (κ2) is 26.3. The minimum Gasteiger partial charge on any atom is -0.480 e. The van der Waals surface area contributed by atoms with E-state index in [4.69, 9.17) is 34.5 Å². The maximum absolute atomic E-state index is 12.4. The minimum absolute atomic E-state index is 0.402. The van der Waals surface area contributed by atoms with E-state index in [2.05, 4.69) is 48.4 Å². The van der Waals surface area contributed by atoms with Crippen molar-refractivity contribution in [3.05, 3.63) is 65.4 Å². The molecule has 2 aliphatic carbocycles. The zero-order chi connectivity index (χ0) is 42.3. The van der Waals surface area contributed by atoms with Crippen molar-refractivity contribution in [1.29, 1.82) is 0 Å². The van der Waals surface area contributed by atoms with Gasteiger partial charge in [-0.15, -0.1) is 0 Å². The van der Waals surface area contributed by atoms with Gasteiger partial charge in [0.1, 0.15) is 24.0 Å². The number of ether oxygens (including phenoxy) is 5. The van der Waals surface area contributed by atoms with Crippen molar-refractivity contribution in [1.82, 2.24) is 30.6 Å². The molecule has 0 spiro atoms. The Morgan fingerprint density at radius 1 is 0.820 bits per heavy atom. The predicted molar refractivity (Wildman–Crippen MR) is 236 cm³/mol. The van der Waals surface area contributed by atoms with E-state index in [1.54, 1.807) is 0 Å². The van der Waals surface area contributed by atoms with E-state index in [-0.39, 0.29) is 0 Å². The number of carboxylic acids is 1. The molecule has 3 aliphatic rings. The predicted octanol–water partition coefficient (Wildman–Crippen LogP) is 4.52. The molecule has 1 fully saturated rings. The fourth-order valence-corrected chi connectivity index (χ4v) is 8.12. The van der Waals surface area contributed by atoms with E-state index in [0.717, 1.165) is 105 Å². The fourth-order valence-electron chi connectivity index (χ4n) is 8.12. The molecule has 0 bridgehead atoms. The maximum Gasteiger partial charge on any atom is 0.326 e. The van der Waals surface area contributed by atoms with Gasteiger partial charge in [0, 0.05) is 48.7 Å². The van der Waals surface area contributed by atoms with Gasteiger partial charge in [0.15, 0.2) is 0 Å². The molecule has 1 aromatic carbocycles. The molecule has 0 saturated heterocycles. The van der Waals surface area contributed by atoms with Crippen LogP contribution in [0, 0.1) is 11.8 Å². The molecule has 3 aromatic rings. The van der Waals surface area contributed by atoms with Crippen molar-refractivity contribution in [2.75, 3.05) is 109 Å². The topological polar surface area (TPSA) is 199 Å². The van der Waals surface area contributed by atoms with Crippen molar-refractivity contribution in [2.24, 2.45) is 17.7 Å². The van der Waals surface area contributed by atoms with Gasteiger partial charge >= 0.3 is 5.97 Å².